The Morgan fingerprint density at radius 1 is 1.62 bits per heavy atom. The quantitative estimate of drug-likeness (QED) is 0.801. The highest BCUT2D eigenvalue weighted by Crippen LogP contribution is 2.25. The van der Waals surface area contributed by atoms with E-state index < -0.39 is 6.10 Å². The monoisotopic (exact) mass is 243 g/mol. The lowest BCUT2D eigenvalue weighted by Crippen LogP contribution is -1.99. The maximum atomic E-state index is 12.7. The minimum atomic E-state index is -0.657. The largest absolute Gasteiger partial charge is 0.362 e. The van der Waals surface area contributed by atoms with Crippen LogP contribution in [0.3, 0.4) is 0 Å². The first-order valence-corrected chi connectivity index (χ1v) is 4.35. The average Bonchev–Trinajstić information content (AvgIpc) is 2.10. The van der Waals surface area contributed by atoms with Crippen molar-refractivity contribution < 1.29 is 9.13 Å². The molecule has 68 valence electrons. The van der Waals surface area contributed by atoms with Crippen molar-refractivity contribution in [2.75, 3.05) is 7.11 Å². The molecule has 1 rings (SSSR count). The molecule has 0 saturated heterocycles. The summed E-state index contributed by atoms with van der Waals surface area (Å²) in [6.45, 7) is 0. The topological polar surface area (TPSA) is 33.0 Å². The van der Waals surface area contributed by atoms with Crippen LogP contribution in [0.2, 0.25) is 0 Å². The van der Waals surface area contributed by atoms with Crippen molar-refractivity contribution in [3.63, 3.8) is 0 Å². The molecule has 0 bridgehead atoms. The minimum Gasteiger partial charge on any atom is -0.362 e. The summed E-state index contributed by atoms with van der Waals surface area (Å²) in [5.41, 5.74) is 0.631. The summed E-state index contributed by atoms with van der Waals surface area (Å²) in [7, 11) is 1.43. The standard InChI is InChI=1S/C9H7BrFNO/c1-13-9(5-12)7-3-2-6(11)4-8(7)10/h2-4,9H,1H3. The van der Waals surface area contributed by atoms with Gasteiger partial charge >= 0.3 is 0 Å². The van der Waals surface area contributed by atoms with E-state index in [0.29, 0.717) is 10.0 Å². The lowest BCUT2D eigenvalue weighted by Gasteiger charge is -2.08. The van der Waals surface area contributed by atoms with Gasteiger partial charge in [0.15, 0.2) is 6.10 Å². The van der Waals surface area contributed by atoms with Crippen LogP contribution in [-0.2, 0) is 4.74 Å². The molecule has 0 heterocycles. The van der Waals surface area contributed by atoms with Gasteiger partial charge < -0.3 is 4.74 Å². The third-order valence-electron chi connectivity index (χ3n) is 1.60. The van der Waals surface area contributed by atoms with Crippen molar-refractivity contribution in [3.8, 4) is 6.07 Å². The molecule has 4 heteroatoms. The van der Waals surface area contributed by atoms with E-state index in [-0.39, 0.29) is 5.82 Å². The number of methoxy groups -OCH3 is 1. The van der Waals surface area contributed by atoms with E-state index in [1.54, 1.807) is 0 Å². The third kappa shape index (κ3) is 2.27. The van der Waals surface area contributed by atoms with E-state index in [9.17, 15) is 4.39 Å². The highest BCUT2D eigenvalue weighted by atomic mass is 79.9. The van der Waals surface area contributed by atoms with Crippen LogP contribution in [0.1, 0.15) is 11.7 Å². The van der Waals surface area contributed by atoms with Gasteiger partial charge in [-0.2, -0.15) is 5.26 Å². The summed E-state index contributed by atoms with van der Waals surface area (Å²) in [4.78, 5) is 0. The van der Waals surface area contributed by atoms with Gasteiger partial charge in [-0.25, -0.2) is 4.39 Å². The summed E-state index contributed by atoms with van der Waals surface area (Å²) in [6, 6.07) is 6.08. The number of benzene rings is 1. The summed E-state index contributed by atoms with van der Waals surface area (Å²) < 4.78 is 18.1. The van der Waals surface area contributed by atoms with Crippen molar-refractivity contribution in [3.05, 3.63) is 34.1 Å². The lowest BCUT2D eigenvalue weighted by atomic mass is 10.1. The fraction of sp³-hybridized carbons (Fsp3) is 0.222. The van der Waals surface area contributed by atoms with E-state index in [4.69, 9.17) is 10.00 Å². The van der Waals surface area contributed by atoms with Crippen LogP contribution < -0.4 is 0 Å². The first-order chi connectivity index (χ1) is 6.19. The summed E-state index contributed by atoms with van der Waals surface area (Å²) in [5, 5.41) is 8.68. The molecule has 13 heavy (non-hydrogen) atoms. The van der Waals surface area contributed by atoms with E-state index in [2.05, 4.69) is 15.9 Å². The van der Waals surface area contributed by atoms with Crippen LogP contribution >= 0.6 is 15.9 Å². The SMILES string of the molecule is COC(C#N)c1ccc(F)cc1Br. The van der Waals surface area contributed by atoms with Crippen LogP contribution in [0.15, 0.2) is 22.7 Å². The molecule has 0 radical (unpaired) electrons. The minimum absolute atomic E-state index is 0.344. The molecule has 0 saturated carbocycles. The van der Waals surface area contributed by atoms with Crippen LogP contribution in [0.4, 0.5) is 4.39 Å². The molecular weight excluding hydrogens is 237 g/mol. The molecule has 1 aromatic carbocycles. The van der Waals surface area contributed by atoms with Gasteiger partial charge in [0.1, 0.15) is 5.82 Å². The van der Waals surface area contributed by atoms with Gasteiger partial charge in [0.2, 0.25) is 0 Å². The molecule has 0 aliphatic heterocycles. The van der Waals surface area contributed by atoms with Gasteiger partial charge in [0, 0.05) is 17.1 Å². The normalized spacial score (nSPS) is 12.2. The van der Waals surface area contributed by atoms with Crippen LogP contribution in [0.5, 0.6) is 0 Å². The van der Waals surface area contributed by atoms with Crippen molar-refractivity contribution in [1.29, 1.82) is 5.26 Å². The molecule has 0 N–H and O–H groups in total. The molecule has 0 aromatic heterocycles. The summed E-state index contributed by atoms with van der Waals surface area (Å²) in [5.74, 6) is -0.344. The number of hydrogen-bond acceptors (Lipinski definition) is 2. The third-order valence-corrected chi connectivity index (χ3v) is 2.28. The number of nitriles is 1. The molecule has 1 atom stereocenters. The predicted molar refractivity (Wildman–Crippen MR) is 49.5 cm³/mol. The maximum absolute atomic E-state index is 12.7. The van der Waals surface area contributed by atoms with E-state index in [0.717, 1.165) is 0 Å². The summed E-state index contributed by atoms with van der Waals surface area (Å²) in [6.07, 6.45) is -0.657. The number of nitrogens with zero attached hydrogens (tertiary/aromatic N) is 1. The Bertz CT molecular complexity index is 348. The van der Waals surface area contributed by atoms with E-state index >= 15 is 0 Å². The highest BCUT2D eigenvalue weighted by molar-refractivity contribution is 9.10. The first-order valence-electron chi connectivity index (χ1n) is 3.56. The molecule has 1 unspecified atom stereocenters. The molecule has 0 amide bonds. The van der Waals surface area contributed by atoms with Crippen molar-refractivity contribution in [2.24, 2.45) is 0 Å². The molecule has 0 aliphatic carbocycles. The van der Waals surface area contributed by atoms with Gasteiger partial charge in [0.25, 0.3) is 0 Å². The van der Waals surface area contributed by atoms with Gasteiger partial charge in [-0.15, -0.1) is 0 Å². The fourth-order valence-corrected chi connectivity index (χ4v) is 1.52. The zero-order chi connectivity index (χ0) is 9.84. The van der Waals surface area contributed by atoms with E-state index in [1.807, 2.05) is 6.07 Å². The Balaban J connectivity index is 3.09. The number of ether oxygens (including phenoxy) is 1. The number of hydrogen-bond donors (Lipinski definition) is 0. The maximum Gasteiger partial charge on any atom is 0.169 e. The van der Waals surface area contributed by atoms with Crippen molar-refractivity contribution in [2.45, 2.75) is 6.10 Å². The molecule has 1 aromatic rings. The Hall–Kier alpha value is -0.920. The smallest absolute Gasteiger partial charge is 0.169 e. The Labute approximate surface area is 84.1 Å². The number of halogens is 2. The van der Waals surface area contributed by atoms with Gasteiger partial charge in [-0.1, -0.05) is 22.0 Å². The zero-order valence-electron chi connectivity index (χ0n) is 6.92. The van der Waals surface area contributed by atoms with Gasteiger partial charge in [-0.05, 0) is 12.1 Å². The molecule has 0 fully saturated rings. The Kier molecular flexibility index (Phi) is 3.40. The summed E-state index contributed by atoms with van der Waals surface area (Å²) >= 11 is 3.16. The molecule has 2 nitrogen and oxygen atoms in total. The predicted octanol–water partition coefficient (Wildman–Crippen LogP) is 2.80. The van der Waals surface area contributed by atoms with Crippen molar-refractivity contribution >= 4 is 15.9 Å². The number of rotatable bonds is 2. The van der Waals surface area contributed by atoms with Crippen LogP contribution in [0.25, 0.3) is 0 Å². The van der Waals surface area contributed by atoms with E-state index in [1.165, 1.54) is 25.3 Å². The molecular formula is C9H7BrFNO. The first kappa shape index (κ1) is 10.2. The second-order valence-electron chi connectivity index (χ2n) is 2.41. The van der Waals surface area contributed by atoms with Gasteiger partial charge in [0.05, 0.1) is 6.07 Å². The van der Waals surface area contributed by atoms with Crippen molar-refractivity contribution in [1.82, 2.24) is 0 Å². The van der Waals surface area contributed by atoms with Crippen LogP contribution in [0, 0.1) is 17.1 Å². The van der Waals surface area contributed by atoms with Crippen LogP contribution in [-0.4, -0.2) is 7.11 Å². The second-order valence-corrected chi connectivity index (χ2v) is 3.27. The molecule has 0 aliphatic rings. The highest BCUT2D eigenvalue weighted by Gasteiger charge is 2.12. The lowest BCUT2D eigenvalue weighted by molar-refractivity contribution is 0.148. The fourth-order valence-electron chi connectivity index (χ4n) is 0.963. The molecule has 0 spiro atoms. The van der Waals surface area contributed by atoms with Gasteiger partial charge in [-0.3, -0.25) is 0 Å². The Morgan fingerprint density at radius 3 is 2.77 bits per heavy atom. The second kappa shape index (κ2) is 4.35. The zero-order valence-corrected chi connectivity index (χ0v) is 8.51. The average molecular weight is 244 g/mol. The Morgan fingerprint density at radius 2 is 2.31 bits per heavy atom.